The van der Waals surface area contributed by atoms with Gasteiger partial charge in [0.15, 0.2) is 12.6 Å². The van der Waals surface area contributed by atoms with Gasteiger partial charge < -0.3 is 25.0 Å². The number of rotatable bonds is 13. The van der Waals surface area contributed by atoms with Crippen LogP contribution in [0.1, 0.15) is 38.7 Å². The van der Waals surface area contributed by atoms with Crippen LogP contribution in [0.4, 0.5) is 0 Å². The Morgan fingerprint density at radius 1 is 1.14 bits per heavy atom. The Morgan fingerprint density at radius 3 is 2.64 bits per heavy atom. The molecule has 0 bridgehead atoms. The highest BCUT2D eigenvalue weighted by Crippen LogP contribution is 2.14. The molecule has 0 aliphatic carbocycles. The van der Waals surface area contributed by atoms with E-state index in [1.165, 1.54) is 4.90 Å². The van der Waals surface area contributed by atoms with Gasteiger partial charge in [-0.05, 0) is 37.5 Å². The average molecular weight is 393 g/mol. The van der Waals surface area contributed by atoms with E-state index in [-0.39, 0.29) is 12.5 Å². The first-order chi connectivity index (χ1) is 13.6. The number of hydrogen-bond acceptors (Lipinski definition) is 4. The summed E-state index contributed by atoms with van der Waals surface area (Å²) in [5, 5.41) is 6.57. The maximum Gasteiger partial charge on any atom is 0.259 e. The summed E-state index contributed by atoms with van der Waals surface area (Å²) in [5.74, 6) is 1.39. The highest BCUT2D eigenvalue weighted by molar-refractivity contribution is 5.79. The number of hydrogen-bond donors (Lipinski definition) is 2. The Morgan fingerprint density at radius 2 is 1.93 bits per heavy atom. The van der Waals surface area contributed by atoms with Crippen molar-refractivity contribution in [3.05, 3.63) is 29.8 Å². The molecule has 28 heavy (non-hydrogen) atoms. The summed E-state index contributed by atoms with van der Waals surface area (Å²) in [6.45, 7) is 7.98. The van der Waals surface area contributed by atoms with Crippen molar-refractivity contribution in [3.63, 3.8) is 0 Å². The predicted molar refractivity (Wildman–Crippen MR) is 114 cm³/mol. The summed E-state index contributed by atoms with van der Waals surface area (Å²) in [6, 6.07) is 7.67. The number of benzene rings is 1. The lowest BCUT2D eigenvalue weighted by Crippen LogP contribution is -2.38. The minimum Gasteiger partial charge on any atom is -0.484 e. The molecule has 1 aromatic rings. The number of ether oxygens (including phenoxy) is 2. The van der Waals surface area contributed by atoms with Crippen LogP contribution < -0.4 is 15.4 Å². The number of amides is 1. The van der Waals surface area contributed by atoms with Crippen molar-refractivity contribution in [3.8, 4) is 5.75 Å². The van der Waals surface area contributed by atoms with Crippen LogP contribution in [0.5, 0.6) is 5.75 Å². The monoisotopic (exact) mass is 392 g/mol. The Kier molecular flexibility index (Phi) is 12.5. The smallest absolute Gasteiger partial charge is 0.259 e. The van der Waals surface area contributed by atoms with Gasteiger partial charge in [-0.3, -0.25) is 4.79 Å². The lowest BCUT2D eigenvalue weighted by Gasteiger charge is -2.13. The fourth-order valence-corrected chi connectivity index (χ4v) is 2.25. The van der Waals surface area contributed by atoms with E-state index in [0.29, 0.717) is 12.3 Å². The van der Waals surface area contributed by atoms with E-state index in [1.807, 2.05) is 31.2 Å². The number of carbonyl (C=O) groups excluding carboxylic acids is 1. The fraction of sp³-hybridized carbons (Fsp3) is 0.619. The second kappa shape index (κ2) is 14.7. The first kappa shape index (κ1) is 23.8. The van der Waals surface area contributed by atoms with Crippen LogP contribution in [0.15, 0.2) is 29.3 Å². The van der Waals surface area contributed by atoms with E-state index in [4.69, 9.17) is 9.47 Å². The lowest BCUT2D eigenvalue weighted by molar-refractivity contribution is -0.130. The Bertz CT molecular complexity index is 591. The van der Waals surface area contributed by atoms with Gasteiger partial charge in [0.25, 0.3) is 5.91 Å². The molecule has 0 radical (unpaired) electrons. The molecule has 0 heterocycles. The van der Waals surface area contributed by atoms with E-state index in [2.05, 4.69) is 22.5 Å². The summed E-state index contributed by atoms with van der Waals surface area (Å²) in [7, 11) is 3.42. The van der Waals surface area contributed by atoms with Gasteiger partial charge in [-0.2, -0.15) is 0 Å². The minimum atomic E-state index is -0.0688. The van der Waals surface area contributed by atoms with Gasteiger partial charge in [0.1, 0.15) is 5.75 Å². The highest BCUT2D eigenvalue weighted by Gasteiger charge is 2.05. The summed E-state index contributed by atoms with van der Waals surface area (Å²) >= 11 is 0. The molecule has 1 rings (SSSR count). The van der Waals surface area contributed by atoms with Crippen molar-refractivity contribution in [1.82, 2.24) is 15.5 Å². The largest absolute Gasteiger partial charge is 0.484 e. The highest BCUT2D eigenvalue weighted by atomic mass is 16.5. The molecule has 1 aromatic carbocycles. The zero-order valence-corrected chi connectivity index (χ0v) is 17.8. The lowest BCUT2D eigenvalue weighted by atomic mass is 10.2. The molecule has 0 aliphatic heterocycles. The molecule has 0 unspecified atom stereocenters. The van der Waals surface area contributed by atoms with Crippen LogP contribution in [0.3, 0.4) is 0 Å². The number of unbranched alkanes of at least 4 members (excludes halogenated alkanes) is 1. The van der Waals surface area contributed by atoms with Crippen LogP contribution in [0, 0.1) is 0 Å². The average Bonchev–Trinajstić information content (AvgIpc) is 2.69. The Balaban J connectivity index is 2.46. The Hall–Kier alpha value is -2.28. The summed E-state index contributed by atoms with van der Waals surface area (Å²) < 4.78 is 11.1. The molecule has 0 aromatic heterocycles. The van der Waals surface area contributed by atoms with Gasteiger partial charge >= 0.3 is 0 Å². The predicted octanol–water partition coefficient (Wildman–Crippen LogP) is 2.42. The van der Waals surface area contributed by atoms with Crippen LogP contribution in [-0.2, 0) is 16.1 Å². The van der Waals surface area contributed by atoms with Crippen molar-refractivity contribution in [2.75, 3.05) is 47.0 Å². The normalized spacial score (nSPS) is 11.2. The topological polar surface area (TPSA) is 75.2 Å². The summed E-state index contributed by atoms with van der Waals surface area (Å²) in [6.07, 6.45) is 3.22. The van der Waals surface area contributed by atoms with E-state index < -0.39 is 0 Å². The third-order valence-electron chi connectivity index (χ3n) is 3.92. The number of nitrogens with one attached hydrogen (secondary N) is 2. The maximum absolute atomic E-state index is 11.6. The number of carbonyl (C=O) groups is 1. The van der Waals surface area contributed by atoms with Crippen molar-refractivity contribution in [2.45, 2.75) is 39.7 Å². The van der Waals surface area contributed by atoms with Crippen molar-refractivity contribution >= 4 is 11.9 Å². The summed E-state index contributed by atoms with van der Waals surface area (Å²) in [5.41, 5.74) is 1.02. The molecule has 0 saturated heterocycles. The van der Waals surface area contributed by atoms with Gasteiger partial charge in [-0.1, -0.05) is 25.5 Å². The van der Waals surface area contributed by atoms with Gasteiger partial charge in [0.05, 0.1) is 6.54 Å². The molecule has 2 N–H and O–H groups in total. The zero-order valence-electron chi connectivity index (χ0n) is 17.8. The molecule has 0 saturated carbocycles. The number of likely N-dealkylation sites (N-methyl/N-ethyl adjacent to an activating group) is 1. The van der Waals surface area contributed by atoms with E-state index in [9.17, 15) is 4.79 Å². The first-order valence-corrected chi connectivity index (χ1v) is 10.1. The molecule has 1 amide bonds. The van der Waals surface area contributed by atoms with Crippen LogP contribution in [0.2, 0.25) is 0 Å². The fourth-order valence-electron chi connectivity index (χ4n) is 2.25. The molecule has 0 atom stereocenters. The second-order valence-electron chi connectivity index (χ2n) is 6.67. The number of nitrogens with zero attached hydrogens (tertiary/aromatic N) is 2. The number of aliphatic imine (C=N–C) groups is 1. The van der Waals surface area contributed by atoms with Crippen LogP contribution in [-0.4, -0.2) is 63.8 Å². The van der Waals surface area contributed by atoms with Gasteiger partial charge in [0.2, 0.25) is 0 Å². The molecular weight excluding hydrogens is 356 g/mol. The standard InChI is InChI=1S/C21H36N4O3/c1-5-7-13-27-14-9-12-23-21(22-6-2)24-16-18-10-8-11-19(15-18)28-17-20(26)25(3)4/h8,10-11,15H,5-7,9,12-14,16-17H2,1-4H3,(H2,22,23,24). The van der Waals surface area contributed by atoms with Crippen molar-refractivity contribution in [1.29, 1.82) is 0 Å². The molecular formula is C21H36N4O3. The third kappa shape index (κ3) is 10.8. The van der Waals surface area contributed by atoms with E-state index in [1.54, 1.807) is 14.1 Å². The minimum absolute atomic E-state index is 0.0320. The molecule has 0 spiro atoms. The second-order valence-corrected chi connectivity index (χ2v) is 6.67. The SMILES string of the molecule is CCCCOCCCNC(=NCc1cccc(OCC(=O)N(C)C)c1)NCC. The third-order valence-corrected chi connectivity index (χ3v) is 3.92. The Labute approximate surface area is 169 Å². The van der Waals surface area contributed by atoms with Crippen molar-refractivity contribution in [2.24, 2.45) is 4.99 Å². The molecule has 7 nitrogen and oxygen atoms in total. The molecule has 158 valence electrons. The first-order valence-electron chi connectivity index (χ1n) is 10.1. The van der Waals surface area contributed by atoms with Gasteiger partial charge in [0, 0.05) is 40.4 Å². The van der Waals surface area contributed by atoms with Gasteiger partial charge in [-0.25, -0.2) is 4.99 Å². The van der Waals surface area contributed by atoms with Crippen LogP contribution >= 0.6 is 0 Å². The zero-order chi connectivity index (χ0) is 20.6. The van der Waals surface area contributed by atoms with E-state index >= 15 is 0 Å². The van der Waals surface area contributed by atoms with Crippen LogP contribution in [0.25, 0.3) is 0 Å². The quantitative estimate of drug-likeness (QED) is 0.306. The molecule has 0 aliphatic rings. The number of guanidine groups is 1. The van der Waals surface area contributed by atoms with Crippen molar-refractivity contribution < 1.29 is 14.3 Å². The van der Waals surface area contributed by atoms with E-state index in [0.717, 1.165) is 57.1 Å². The maximum atomic E-state index is 11.6. The summed E-state index contributed by atoms with van der Waals surface area (Å²) in [4.78, 5) is 17.8. The molecule has 0 fully saturated rings. The molecule has 7 heteroatoms. The van der Waals surface area contributed by atoms with Gasteiger partial charge in [-0.15, -0.1) is 0 Å².